The van der Waals surface area contributed by atoms with Gasteiger partial charge in [0.15, 0.2) is 0 Å². The van der Waals surface area contributed by atoms with Crippen LogP contribution in [0.2, 0.25) is 0 Å². The third kappa shape index (κ3) is 3.25. The van der Waals surface area contributed by atoms with E-state index in [1.165, 1.54) is 42.4 Å². The van der Waals surface area contributed by atoms with Crippen molar-refractivity contribution in [3.05, 3.63) is 35.5 Å². The molecule has 0 aromatic carbocycles. The Morgan fingerprint density at radius 2 is 2.05 bits per heavy atom. The molecule has 22 heavy (non-hydrogen) atoms. The van der Waals surface area contributed by atoms with Gasteiger partial charge in [0.05, 0.1) is 6.61 Å². The van der Waals surface area contributed by atoms with Crippen molar-refractivity contribution in [1.29, 1.82) is 0 Å². The standard InChI is InChI=1S/C21H34O/c1-14(2)18-10-11-21(6,16(18)5)12-20-17(13-22-7)8-9-19(20)15(3)4/h14,18-19H,3,5,8-13H2,1-2,4,6-7H3. The summed E-state index contributed by atoms with van der Waals surface area (Å²) in [6, 6.07) is 0. The van der Waals surface area contributed by atoms with E-state index in [0.717, 1.165) is 13.0 Å². The summed E-state index contributed by atoms with van der Waals surface area (Å²) in [5.41, 5.74) is 6.20. The van der Waals surface area contributed by atoms with Crippen LogP contribution in [0.1, 0.15) is 59.8 Å². The molecule has 2 rings (SSSR count). The largest absolute Gasteiger partial charge is 0.380 e. The summed E-state index contributed by atoms with van der Waals surface area (Å²) in [7, 11) is 1.81. The summed E-state index contributed by atoms with van der Waals surface area (Å²) < 4.78 is 5.46. The Hall–Kier alpha value is -0.820. The van der Waals surface area contributed by atoms with Gasteiger partial charge in [0, 0.05) is 13.0 Å². The van der Waals surface area contributed by atoms with Gasteiger partial charge in [-0.2, -0.15) is 0 Å². The van der Waals surface area contributed by atoms with Crippen LogP contribution in [-0.2, 0) is 4.74 Å². The lowest BCUT2D eigenvalue weighted by atomic mass is 9.73. The van der Waals surface area contributed by atoms with E-state index >= 15 is 0 Å². The van der Waals surface area contributed by atoms with E-state index in [1.807, 2.05) is 7.11 Å². The predicted octanol–water partition coefficient (Wildman–Crippen LogP) is 5.93. The molecular weight excluding hydrogens is 268 g/mol. The van der Waals surface area contributed by atoms with Gasteiger partial charge < -0.3 is 4.74 Å². The zero-order valence-electron chi connectivity index (χ0n) is 15.3. The Balaban J connectivity index is 2.24. The van der Waals surface area contributed by atoms with Crippen LogP contribution in [0, 0.1) is 23.2 Å². The van der Waals surface area contributed by atoms with Crippen LogP contribution in [0.5, 0.6) is 0 Å². The molecule has 2 aliphatic rings. The summed E-state index contributed by atoms with van der Waals surface area (Å²) in [5, 5.41) is 0. The maximum absolute atomic E-state index is 5.46. The molecule has 0 aliphatic heterocycles. The highest BCUT2D eigenvalue weighted by Gasteiger charge is 2.42. The molecule has 1 heteroatoms. The fourth-order valence-corrected chi connectivity index (χ4v) is 4.65. The molecule has 0 radical (unpaired) electrons. The Morgan fingerprint density at radius 1 is 1.36 bits per heavy atom. The second-order valence-corrected chi connectivity index (χ2v) is 8.15. The number of allylic oxidation sites excluding steroid dienone is 3. The van der Waals surface area contributed by atoms with Crippen LogP contribution in [0.15, 0.2) is 35.5 Å². The third-order valence-electron chi connectivity index (χ3n) is 6.14. The Kier molecular flexibility index (Phi) is 5.37. The quantitative estimate of drug-likeness (QED) is 0.552. The van der Waals surface area contributed by atoms with Gasteiger partial charge in [0.25, 0.3) is 0 Å². The maximum atomic E-state index is 5.46. The van der Waals surface area contributed by atoms with Crippen LogP contribution in [-0.4, -0.2) is 13.7 Å². The fraction of sp³-hybridized carbons (Fsp3) is 0.714. The molecule has 0 N–H and O–H groups in total. The van der Waals surface area contributed by atoms with Gasteiger partial charge in [0.2, 0.25) is 0 Å². The van der Waals surface area contributed by atoms with Gasteiger partial charge >= 0.3 is 0 Å². The average molecular weight is 303 g/mol. The van der Waals surface area contributed by atoms with Crippen molar-refractivity contribution in [2.45, 2.75) is 59.8 Å². The van der Waals surface area contributed by atoms with E-state index in [9.17, 15) is 0 Å². The smallest absolute Gasteiger partial charge is 0.0675 e. The SMILES string of the molecule is C=C(C)C1CCC(COC)=C1CC1(C)CCC(C(C)C)C1=C. The second-order valence-electron chi connectivity index (χ2n) is 8.15. The molecule has 0 bridgehead atoms. The van der Waals surface area contributed by atoms with Crippen LogP contribution in [0.25, 0.3) is 0 Å². The summed E-state index contributed by atoms with van der Waals surface area (Å²) in [6.45, 7) is 18.8. The van der Waals surface area contributed by atoms with Gasteiger partial charge in [0.1, 0.15) is 0 Å². The summed E-state index contributed by atoms with van der Waals surface area (Å²) >= 11 is 0. The lowest BCUT2D eigenvalue weighted by Crippen LogP contribution is -2.20. The number of ether oxygens (including phenoxy) is 1. The summed E-state index contributed by atoms with van der Waals surface area (Å²) in [5.74, 6) is 1.97. The third-order valence-corrected chi connectivity index (χ3v) is 6.14. The first-order valence-corrected chi connectivity index (χ1v) is 8.84. The van der Waals surface area contributed by atoms with E-state index in [4.69, 9.17) is 4.74 Å². The second kappa shape index (κ2) is 6.74. The highest BCUT2D eigenvalue weighted by molar-refractivity contribution is 5.34. The van der Waals surface area contributed by atoms with Crippen molar-refractivity contribution in [1.82, 2.24) is 0 Å². The zero-order chi connectivity index (χ0) is 16.5. The highest BCUT2D eigenvalue weighted by atomic mass is 16.5. The number of rotatable bonds is 6. The molecule has 3 atom stereocenters. The monoisotopic (exact) mass is 302 g/mol. The van der Waals surface area contributed by atoms with E-state index in [-0.39, 0.29) is 5.41 Å². The van der Waals surface area contributed by atoms with Gasteiger partial charge in [-0.3, -0.25) is 0 Å². The Bertz CT molecular complexity index is 482. The molecule has 0 amide bonds. The molecule has 3 unspecified atom stereocenters. The number of hydrogen-bond acceptors (Lipinski definition) is 1. The van der Waals surface area contributed by atoms with E-state index in [1.54, 1.807) is 5.57 Å². The number of methoxy groups -OCH3 is 1. The predicted molar refractivity (Wildman–Crippen MR) is 95.9 cm³/mol. The highest BCUT2D eigenvalue weighted by Crippen LogP contribution is 2.54. The first-order chi connectivity index (χ1) is 10.3. The molecular formula is C21H34O. The van der Waals surface area contributed by atoms with Crippen molar-refractivity contribution in [3.63, 3.8) is 0 Å². The van der Waals surface area contributed by atoms with Crippen molar-refractivity contribution in [2.24, 2.45) is 23.2 Å². The van der Waals surface area contributed by atoms with Crippen molar-refractivity contribution < 1.29 is 4.74 Å². The number of hydrogen-bond donors (Lipinski definition) is 0. The molecule has 2 aliphatic carbocycles. The van der Waals surface area contributed by atoms with Crippen LogP contribution < -0.4 is 0 Å². The molecule has 0 spiro atoms. The fourth-order valence-electron chi connectivity index (χ4n) is 4.65. The lowest BCUT2D eigenvalue weighted by Gasteiger charge is -2.31. The molecule has 0 aromatic rings. The van der Waals surface area contributed by atoms with Gasteiger partial charge in [-0.25, -0.2) is 0 Å². The van der Waals surface area contributed by atoms with Crippen molar-refractivity contribution in [2.75, 3.05) is 13.7 Å². The van der Waals surface area contributed by atoms with Crippen LogP contribution >= 0.6 is 0 Å². The molecule has 0 saturated heterocycles. The normalized spacial score (nSPS) is 32.4. The Labute approximate surface area is 137 Å². The first kappa shape index (κ1) is 17.5. The lowest BCUT2D eigenvalue weighted by molar-refractivity contribution is 0.222. The molecule has 0 heterocycles. The van der Waals surface area contributed by atoms with E-state index in [0.29, 0.717) is 17.8 Å². The Morgan fingerprint density at radius 3 is 2.55 bits per heavy atom. The first-order valence-electron chi connectivity index (χ1n) is 8.84. The van der Waals surface area contributed by atoms with Crippen LogP contribution in [0.3, 0.4) is 0 Å². The van der Waals surface area contributed by atoms with E-state index < -0.39 is 0 Å². The molecule has 1 saturated carbocycles. The van der Waals surface area contributed by atoms with Gasteiger partial charge in [-0.1, -0.05) is 50.6 Å². The van der Waals surface area contributed by atoms with E-state index in [2.05, 4.69) is 40.9 Å². The average Bonchev–Trinajstić information content (AvgIpc) is 2.94. The van der Waals surface area contributed by atoms with Gasteiger partial charge in [-0.15, -0.1) is 0 Å². The summed E-state index contributed by atoms with van der Waals surface area (Å²) in [4.78, 5) is 0. The van der Waals surface area contributed by atoms with Crippen molar-refractivity contribution in [3.8, 4) is 0 Å². The van der Waals surface area contributed by atoms with Crippen LogP contribution in [0.4, 0.5) is 0 Å². The maximum Gasteiger partial charge on any atom is 0.0675 e. The topological polar surface area (TPSA) is 9.23 Å². The molecule has 1 fully saturated rings. The molecule has 124 valence electrons. The molecule has 1 nitrogen and oxygen atoms in total. The summed E-state index contributed by atoms with van der Waals surface area (Å²) in [6.07, 6.45) is 6.14. The minimum Gasteiger partial charge on any atom is -0.380 e. The minimum absolute atomic E-state index is 0.265. The minimum atomic E-state index is 0.265. The van der Waals surface area contributed by atoms with Gasteiger partial charge in [-0.05, 0) is 61.9 Å². The molecule has 0 aromatic heterocycles. The zero-order valence-corrected chi connectivity index (χ0v) is 15.3. The van der Waals surface area contributed by atoms with Crippen molar-refractivity contribution >= 4 is 0 Å².